The molecular formula is C16H7BrO2. The molecule has 1 aliphatic rings. The van der Waals surface area contributed by atoms with Crippen molar-refractivity contribution in [1.82, 2.24) is 0 Å². The van der Waals surface area contributed by atoms with E-state index in [0.29, 0.717) is 11.1 Å². The lowest BCUT2D eigenvalue weighted by Gasteiger charge is -2.06. The van der Waals surface area contributed by atoms with Gasteiger partial charge in [0.2, 0.25) is 11.6 Å². The highest BCUT2D eigenvalue weighted by Crippen LogP contribution is 2.38. The Hall–Kier alpha value is -2.00. The van der Waals surface area contributed by atoms with Crippen molar-refractivity contribution in [3.63, 3.8) is 0 Å². The zero-order chi connectivity index (χ0) is 13.1. The Balaban J connectivity index is 2.37. The molecule has 2 nitrogen and oxygen atoms in total. The fourth-order valence-corrected chi connectivity index (χ4v) is 3.27. The summed E-state index contributed by atoms with van der Waals surface area (Å²) in [6.45, 7) is 0. The minimum Gasteiger partial charge on any atom is -0.285 e. The van der Waals surface area contributed by atoms with Gasteiger partial charge in [0, 0.05) is 21.0 Å². The van der Waals surface area contributed by atoms with Gasteiger partial charge in [0.1, 0.15) is 0 Å². The highest BCUT2D eigenvalue weighted by Gasteiger charge is 2.31. The van der Waals surface area contributed by atoms with Crippen LogP contribution in [0.3, 0.4) is 0 Å². The second kappa shape index (κ2) is 3.52. The third kappa shape index (κ3) is 1.31. The normalized spacial score (nSPS) is 13.7. The average Bonchev–Trinajstić information content (AvgIpc) is 2.65. The molecule has 0 aliphatic heterocycles. The molecule has 0 fully saturated rings. The summed E-state index contributed by atoms with van der Waals surface area (Å²) in [5.41, 5.74) is 1.04. The van der Waals surface area contributed by atoms with Gasteiger partial charge in [0.15, 0.2) is 0 Å². The molecule has 0 N–H and O–H groups in total. The lowest BCUT2D eigenvalue weighted by molar-refractivity contribution is 0.0825. The molecule has 3 aromatic carbocycles. The van der Waals surface area contributed by atoms with Gasteiger partial charge in [0.25, 0.3) is 0 Å². The van der Waals surface area contributed by atoms with Crippen LogP contribution in [0, 0.1) is 0 Å². The van der Waals surface area contributed by atoms with Crippen molar-refractivity contribution in [1.29, 1.82) is 0 Å². The molecule has 0 saturated heterocycles. The minimum absolute atomic E-state index is 0.399. The van der Waals surface area contributed by atoms with E-state index in [4.69, 9.17) is 0 Å². The van der Waals surface area contributed by atoms with E-state index in [1.807, 2.05) is 36.4 Å². The van der Waals surface area contributed by atoms with Crippen LogP contribution in [0.25, 0.3) is 21.5 Å². The Kier molecular flexibility index (Phi) is 2.01. The number of hydrogen-bond acceptors (Lipinski definition) is 2. The van der Waals surface area contributed by atoms with Crippen molar-refractivity contribution in [3.05, 3.63) is 58.1 Å². The minimum atomic E-state index is -0.406. The quantitative estimate of drug-likeness (QED) is 0.462. The van der Waals surface area contributed by atoms with Crippen LogP contribution < -0.4 is 0 Å². The number of carbonyl (C=O) groups excluding carboxylic acids is 2. The Morgan fingerprint density at radius 3 is 2.26 bits per heavy atom. The first-order valence-corrected chi connectivity index (χ1v) is 6.70. The average molecular weight is 311 g/mol. The molecule has 0 amide bonds. The predicted octanol–water partition coefficient (Wildman–Crippen LogP) is 4.13. The van der Waals surface area contributed by atoms with Gasteiger partial charge in [-0.2, -0.15) is 0 Å². The maximum Gasteiger partial charge on any atom is 0.234 e. The largest absolute Gasteiger partial charge is 0.285 e. The third-order valence-electron chi connectivity index (χ3n) is 3.62. The van der Waals surface area contributed by atoms with Crippen LogP contribution in [0.5, 0.6) is 0 Å². The molecule has 19 heavy (non-hydrogen) atoms. The smallest absolute Gasteiger partial charge is 0.234 e. The summed E-state index contributed by atoms with van der Waals surface area (Å²) >= 11 is 3.42. The first-order chi connectivity index (χ1) is 9.16. The zero-order valence-corrected chi connectivity index (χ0v) is 11.3. The summed E-state index contributed by atoms with van der Waals surface area (Å²) in [5, 5.41) is 3.79. The molecule has 3 heteroatoms. The van der Waals surface area contributed by atoms with E-state index in [2.05, 4.69) is 15.9 Å². The molecule has 0 atom stereocenters. The first kappa shape index (κ1) is 10.9. The number of carbonyl (C=O) groups is 2. The molecule has 0 unspecified atom stereocenters. The van der Waals surface area contributed by atoms with Crippen LogP contribution in [-0.4, -0.2) is 11.6 Å². The van der Waals surface area contributed by atoms with Crippen LogP contribution in [-0.2, 0) is 0 Å². The summed E-state index contributed by atoms with van der Waals surface area (Å²) < 4.78 is 0.820. The van der Waals surface area contributed by atoms with Crippen LogP contribution in [0.15, 0.2) is 46.9 Å². The highest BCUT2D eigenvalue weighted by molar-refractivity contribution is 9.10. The molecule has 0 aromatic heterocycles. The van der Waals surface area contributed by atoms with E-state index < -0.39 is 11.6 Å². The fourth-order valence-electron chi connectivity index (χ4n) is 2.81. The molecule has 4 rings (SSSR count). The summed E-state index contributed by atoms with van der Waals surface area (Å²) in [6.07, 6.45) is 0. The van der Waals surface area contributed by atoms with Gasteiger partial charge in [-0.3, -0.25) is 9.59 Å². The zero-order valence-electron chi connectivity index (χ0n) is 9.74. The lowest BCUT2D eigenvalue weighted by Crippen LogP contribution is -2.06. The van der Waals surface area contributed by atoms with E-state index in [1.165, 1.54) is 0 Å². The number of hydrogen-bond donors (Lipinski definition) is 0. The number of fused-ring (bicyclic) bond motifs is 2. The van der Waals surface area contributed by atoms with E-state index in [9.17, 15) is 9.59 Å². The lowest BCUT2D eigenvalue weighted by atomic mass is 9.98. The van der Waals surface area contributed by atoms with Crippen molar-refractivity contribution in [2.45, 2.75) is 0 Å². The molecule has 1 aliphatic carbocycles. The predicted molar refractivity (Wildman–Crippen MR) is 77.8 cm³/mol. The number of ketones is 2. The van der Waals surface area contributed by atoms with Gasteiger partial charge >= 0.3 is 0 Å². The van der Waals surface area contributed by atoms with Gasteiger partial charge in [-0.15, -0.1) is 0 Å². The first-order valence-electron chi connectivity index (χ1n) is 5.91. The molecular weight excluding hydrogens is 304 g/mol. The third-order valence-corrected chi connectivity index (χ3v) is 4.08. The van der Waals surface area contributed by atoms with Crippen molar-refractivity contribution in [2.75, 3.05) is 0 Å². The van der Waals surface area contributed by atoms with Gasteiger partial charge in [-0.1, -0.05) is 40.2 Å². The summed E-state index contributed by atoms with van der Waals surface area (Å²) in [7, 11) is 0. The van der Waals surface area contributed by atoms with Crippen LogP contribution >= 0.6 is 15.9 Å². The second-order valence-electron chi connectivity index (χ2n) is 4.68. The Morgan fingerprint density at radius 2 is 1.47 bits per heavy atom. The standard InChI is InChI=1S/C16H7BrO2/c17-9-6-11-10-4-2-1-3-8(10)5-12-14(11)13(7-9)16(19)15(12)18/h1-7H. The number of Topliss-reactive ketones (excluding diaryl/α,β-unsaturated/α-hetero) is 2. The summed E-state index contributed by atoms with van der Waals surface area (Å²) in [4.78, 5) is 24.1. The Labute approximate surface area is 117 Å². The van der Waals surface area contributed by atoms with Crippen LogP contribution in [0.4, 0.5) is 0 Å². The number of rotatable bonds is 0. The maximum atomic E-state index is 12.1. The molecule has 0 radical (unpaired) electrons. The molecule has 0 saturated carbocycles. The van der Waals surface area contributed by atoms with Crippen LogP contribution in [0.2, 0.25) is 0 Å². The van der Waals surface area contributed by atoms with Gasteiger partial charge in [0.05, 0.1) is 0 Å². The van der Waals surface area contributed by atoms with Crippen molar-refractivity contribution < 1.29 is 9.59 Å². The number of halogens is 1. The molecule has 0 spiro atoms. The number of benzene rings is 3. The molecule has 0 bridgehead atoms. The van der Waals surface area contributed by atoms with Crippen molar-refractivity contribution in [3.8, 4) is 0 Å². The SMILES string of the molecule is O=C1C(=O)c2cc3ccccc3c3cc(Br)cc1c23. The second-order valence-corrected chi connectivity index (χ2v) is 5.60. The van der Waals surface area contributed by atoms with E-state index in [-0.39, 0.29) is 0 Å². The highest BCUT2D eigenvalue weighted by atomic mass is 79.9. The van der Waals surface area contributed by atoms with Gasteiger partial charge < -0.3 is 0 Å². The van der Waals surface area contributed by atoms with Crippen LogP contribution in [0.1, 0.15) is 20.7 Å². The van der Waals surface area contributed by atoms with E-state index in [1.54, 1.807) is 6.07 Å². The van der Waals surface area contributed by atoms with E-state index >= 15 is 0 Å². The summed E-state index contributed by atoms with van der Waals surface area (Å²) in [6, 6.07) is 13.4. The fraction of sp³-hybridized carbons (Fsp3) is 0. The monoisotopic (exact) mass is 310 g/mol. The maximum absolute atomic E-state index is 12.1. The topological polar surface area (TPSA) is 34.1 Å². The molecule has 0 heterocycles. The molecule has 90 valence electrons. The Bertz CT molecular complexity index is 909. The summed E-state index contributed by atoms with van der Waals surface area (Å²) in [5.74, 6) is -0.805. The van der Waals surface area contributed by atoms with Gasteiger partial charge in [-0.25, -0.2) is 0 Å². The van der Waals surface area contributed by atoms with Crippen molar-refractivity contribution >= 4 is 49.0 Å². The van der Waals surface area contributed by atoms with E-state index in [0.717, 1.165) is 26.0 Å². The van der Waals surface area contributed by atoms with Crippen molar-refractivity contribution in [2.24, 2.45) is 0 Å². The van der Waals surface area contributed by atoms with Gasteiger partial charge in [-0.05, 0) is 34.4 Å². The molecule has 3 aromatic rings. The Morgan fingerprint density at radius 1 is 0.789 bits per heavy atom.